The third kappa shape index (κ3) is 7.35. The molecule has 1 fully saturated rings. The van der Waals surface area contributed by atoms with E-state index >= 15 is 0 Å². The number of likely N-dealkylation sites (N-methyl/N-ethyl adjacent to an activating group) is 1. The monoisotopic (exact) mass is 541 g/mol. The van der Waals surface area contributed by atoms with Crippen molar-refractivity contribution in [2.24, 2.45) is 11.8 Å². The summed E-state index contributed by atoms with van der Waals surface area (Å²) < 4.78 is 31.8. The zero-order valence-electron chi connectivity index (χ0n) is 23.3. The number of methoxy groups -OCH3 is 1. The van der Waals surface area contributed by atoms with Crippen LogP contribution in [-0.2, 0) is 9.47 Å². The number of rotatable bonds is 5. The zero-order valence-corrected chi connectivity index (χ0v) is 23.3. The molecule has 2 aliphatic rings. The molecular formula is C30H40FN3O5. The van der Waals surface area contributed by atoms with E-state index in [1.54, 1.807) is 43.3 Å². The summed E-state index contributed by atoms with van der Waals surface area (Å²) in [6.45, 7) is 8.44. The van der Waals surface area contributed by atoms with Gasteiger partial charge in [0.2, 0.25) is 0 Å². The number of fused-ring (bicyclic) bond motifs is 1. The van der Waals surface area contributed by atoms with Crippen LogP contribution in [0.1, 0.15) is 47.4 Å². The number of carbonyl (C=O) groups excluding carboxylic acids is 2. The lowest BCUT2D eigenvalue weighted by Crippen LogP contribution is -2.48. The minimum absolute atomic E-state index is 0.0564. The maximum Gasteiger partial charge on any atom is 0.258 e. The van der Waals surface area contributed by atoms with Gasteiger partial charge in [0.15, 0.2) is 0 Å². The summed E-state index contributed by atoms with van der Waals surface area (Å²) >= 11 is 0. The largest absolute Gasteiger partial charge is 0.491 e. The van der Waals surface area contributed by atoms with Gasteiger partial charge in [-0.3, -0.25) is 14.5 Å². The minimum Gasteiger partial charge on any atom is -0.491 e. The average Bonchev–Trinajstić information content (AvgIpc) is 2.94. The van der Waals surface area contributed by atoms with Gasteiger partial charge in [-0.05, 0) is 55.9 Å². The van der Waals surface area contributed by atoms with Crippen LogP contribution in [0.5, 0.6) is 5.75 Å². The number of nitrogens with one attached hydrogen (secondary N) is 1. The lowest BCUT2D eigenvalue weighted by Gasteiger charge is -2.38. The fourth-order valence-electron chi connectivity index (χ4n) is 5.28. The van der Waals surface area contributed by atoms with Crippen molar-refractivity contribution in [2.45, 2.75) is 38.8 Å². The van der Waals surface area contributed by atoms with Gasteiger partial charge < -0.3 is 24.4 Å². The summed E-state index contributed by atoms with van der Waals surface area (Å²) in [6, 6.07) is 10.8. The summed E-state index contributed by atoms with van der Waals surface area (Å²) in [4.78, 5) is 30.3. The Morgan fingerprint density at radius 3 is 2.59 bits per heavy atom. The molecule has 0 bridgehead atoms. The molecule has 0 aromatic heterocycles. The third-order valence-electron chi connectivity index (χ3n) is 7.79. The summed E-state index contributed by atoms with van der Waals surface area (Å²) in [5, 5.41) is 2.73. The third-order valence-corrected chi connectivity index (χ3v) is 7.79. The predicted octanol–water partition coefficient (Wildman–Crippen LogP) is 4.31. The van der Waals surface area contributed by atoms with Crippen LogP contribution >= 0.6 is 0 Å². The Bertz CT molecular complexity index is 1140. The zero-order chi connectivity index (χ0) is 27.9. The number of carbonyl (C=O) groups is 2. The van der Waals surface area contributed by atoms with E-state index in [4.69, 9.17) is 14.2 Å². The molecule has 39 heavy (non-hydrogen) atoms. The molecule has 4 rings (SSSR count). The highest BCUT2D eigenvalue weighted by molar-refractivity contribution is 6.05. The highest BCUT2D eigenvalue weighted by atomic mass is 19.1. The van der Waals surface area contributed by atoms with Crippen LogP contribution in [0.2, 0.25) is 0 Å². The van der Waals surface area contributed by atoms with Gasteiger partial charge in [0.1, 0.15) is 18.2 Å². The molecule has 2 amide bonds. The Hall–Kier alpha value is -3.01. The van der Waals surface area contributed by atoms with Crippen LogP contribution in [0.15, 0.2) is 42.5 Å². The van der Waals surface area contributed by atoms with Crippen LogP contribution in [0.4, 0.5) is 10.1 Å². The number of nitrogens with zero attached hydrogens (tertiary/aromatic N) is 2. The Labute approximate surface area is 230 Å². The second-order valence-electron chi connectivity index (χ2n) is 10.8. The fraction of sp³-hybridized carbons (Fsp3) is 0.533. The molecule has 0 aliphatic carbocycles. The van der Waals surface area contributed by atoms with Crippen LogP contribution in [-0.4, -0.2) is 87.4 Å². The molecule has 212 valence electrons. The minimum atomic E-state index is -0.602. The maximum absolute atomic E-state index is 14.1. The smallest absolute Gasteiger partial charge is 0.258 e. The van der Waals surface area contributed by atoms with E-state index in [9.17, 15) is 14.0 Å². The number of anilines is 1. The molecule has 1 saturated heterocycles. The number of benzene rings is 2. The van der Waals surface area contributed by atoms with Gasteiger partial charge in [-0.1, -0.05) is 19.1 Å². The van der Waals surface area contributed by atoms with E-state index in [1.165, 1.54) is 18.2 Å². The quantitative estimate of drug-likeness (QED) is 0.608. The predicted molar refractivity (Wildman–Crippen MR) is 148 cm³/mol. The molecule has 2 aromatic rings. The lowest BCUT2D eigenvalue weighted by molar-refractivity contribution is 0.0000254. The van der Waals surface area contributed by atoms with E-state index in [0.29, 0.717) is 36.1 Å². The van der Waals surface area contributed by atoms with Crippen molar-refractivity contribution in [1.82, 2.24) is 9.80 Å². The molecular weight excluding hydrogens is 501 g/mol. The van der Waals surface area contributed by atoms with Crippen molar-refractivity contribution < 1.29 is 28.2 Å². The van der Waals surface area contributed by atoms with E-state index in [0.717, 1.165) is 39.1 Å². The molecule has 0 spiro atoms. The second-order valence-corrected chi connectivity index (χ2v) is 10.8. The molecule has 3 atom stereocenters. The second kappa shape index (κ2) is 13.4. The first-order chi connectivity index (χ1) is 18.8. The Morgan fingerprint density at radius 1 is 1.13 bits per heavy atom. The van der Waals surface area contributed by atoms with Crippen molar-refractivity contribution >= 4 is 17.5 Å². The molecule has 9 heteroatoms. The van der Waals surface area contributed by atoms with Crippen molar-refractivity contribution in [2.75, 3.05) is 58.9 Å². The average molecular weight is 542 g/mol. The number of hydrogen-bond acceptors (Lipinski definition) is 6. The standard InChI is InChI=1S/C30H40FN3O5/c1-20-16-34(17-22-11-13-38-14-12-22)21(2)19-39-27-15-23(32-29(35)24-7-5-6-8-26(24)31)9-10-25(27)30(36)33(3)18-28(20)37-4/h5-10,15,20-22,28H,11-14,16-19H2,1-4H3,(H,32,35)/t20-,21-,28+/m0/s1. The van der Waals surface area contributed by atoms with Crippen molar-refractivity contribution in [3.8, 4) is 5.75 Å². The van der Waals surface area contributed by atoms with Gasteiger partial charge in [-0.15, -0.1) is 0 Å². The molecule has 8 nitrogen and oxygen atoms in total. The summed E-state index contributed by atoms with van der Waals surface area (Å²) in [5.41, 5.74) is 0.756. The first-order valence-corrected chi connectivity index (χ1v) is 13.7. The van der Waals surface area contributed by atoms with Gasteiger partial charge in [0, 0.05) is 64.8 Å². The Balaban J connectivity index is 1.60. The maximum atomic E-state index is 14.1. The van der Waals surface area contributed by atoms with Gasteiger partial charge in [0.05, 0.1) is 17.2 Å². The first-order valence-electron chi connectivity index (χ1n) is 13.7. The number of halogens is 1. The molecule has 0 unspecified atom stereocenters. The van der Waals surface area contributed by atoms with E-state index in [1.807, 2.05) is 0 Å². The highest BCUT2D eigenvalue weighted by Gasteiger charge is 2.30. The Kier molecular flexibility index (Phi) is 9.94. The number of ether oxygens (including phenoxy) is 3. The van der Waals surface area contributed by atoms with E-state index in [-0.39, 0.29) is 29.5 Å². The van der Waals surface area contributed by atoms with Crippen LogP contribution in [0.25, 0.3) is 0 Å². The number of amides is 2. The van der Waals surface area contributed by atoms with Crippen molar-refractivity contribution in [1.29, 1.82) is 0 Å². The topological polar surface area (TPSA) is 80.3 Å². The van der Waals surface area contributed by atoms with Gasteiger partial charge >= 0.3 is 0 Å². The van der Waals surface area contributed by atoms with Crippen LogP contribution in [0.3, 0.4) is 0 Å². The SMILES string of the molecule is CO[C@@H]1CN(C)C(=O)c2ccc(NC(=O)c3ccccc3F)cc2OC[C@H](C)N(CC2CCOCC2)C[C@@H]1C. The van der Waals surface area contributed by atoms with E-state index < -0.39 is 11.7 Å². The van der Waals surface area contributed by atoms with Crippen LogP contribution in [0, 0.1) is 17.7 Å². The van der Waals surface area contributed by atoms with Crippen molar-refractivity contribution in [3.63, 3.8) is 0 Å². The summed E-state index contributed by atoms with van der Waals surface area (Å²) in [7, 11) is 3.45. The highest BCUT2D eigenvalue weighted by Crippen LogP contribution is 2.28. The fourth-order valence-corrected chi connectivity index (χ4v) is 5.28. The molecule has 2 aromatic carbocycles. The van der Waals surface area contributed by atoms with Gasteiger partial charge in [-0.25, -0.2) is 4.39 Å². The summed E-state index contributed by atoms with van der Waals surface area (Å²) in [5.74, 6) is -0.245. The number of hydrogen-bond donors (Lipinski definition) is 1. The van der Waals surface area contributed by atoms with E-state index in [2.05, 4.69) is 24.1 Å². The van der Waals surface area contributed by atoms with Gasteiger partial charge in [0.25, 0.3) is 11.8 Å². The molecule has 2 aliphatic heterocycles. The molecule has 0 saturated carbocycles. The normalized spacial score (nSPS) is 23.8. The first kappa shape index (κ1) is 29.0. The van der Waals surface area contributed by atoms with Crippen LogP contribution < -0.4 is 10.1 Å². The van der Waals surface area contributed by atoms with Gasteiger partial charge in [-0.2, -0.15) is 0 Å². The molecule has 0 radical (unpaired) electrons. The van der Waals surface area contributed by atoms with Crippen molar-refractivity contribution in [3.05, 3.63) is 59.4 Å². The molecule has 2 heterocycles. The lowest BCUT2D eigenvalue weighted by atomic mass is 9.96. The Morgan fingerprint density at radius 2 is 1.87 bits per heavy atom. The molecule has 1 N–H and O–H groups in total. The summed E-state index contributed by atoms with van der Waals surface area (Å²) in [6.07, 6.45) is 1.95.